The van der Waals surface area contributed by atoms with Gasteiger partial charge in [0.25, 0.3) is 0 Å². The van der Waals surface area contributed by atoms with Crippen LogP contribution in [0.1, 0.15) is 87.4 Å². The number of imidazole rings is 1. The maximum absolute atomic E-state index is 13.0. The predicted molar refractivity (Wildman–Crippen MR) is 195 cm³/mol. The van der Waals surface area contributed by atoms with Gasteiger partial charge in [0.2, 0.25) is 17.7 Å². The minimum Gasteiger partial charge on any atom is -0.381 e. The van der Waals surface area contributed by atoms with E-state index in [4.69, 9.17) is 25.7 Å². The molecule has 2 heterocycles. The van der Waals surface area contributed by atoms with Crippen LogP contribution in [0.2, 0.25) is 0 Å². The van der Waals surface area contributed by atoms with Gasteiger partial charge < -0.3 is 25.7 Å². The molecular weight excluding hydrogens is 662 g/mol. The Balaban J connectivity index is 0.00000676. The monoisotopic (exact) mass is 715 g/mol. The molecule has 1 aliphatic heterocycles. The van der Waals surface area contributed by atoms with E-state index in [1.807, 2.05) is 25.1 Å². The topological polar surface area (TPSA) is 170 Å². The highest BCUT2D eigenvalue weighted by Gasteiger charge is 2.31. The number of hydrogen-bond acceptors (Lipinski definition) is 8. The Morgan fingerprint density at radius 3 is 2.12 bits per heavy atom. The van der Waals surface area contributed by atoms with E-state index >= 15 is 0 Å². The van der Waals surface area contributed by atoms with Crippen molar-refractivity contribution in [3.8, 4) is 0 Å². The number of ether oxygens (including phenoxy) is 3. The molecule has 3 amide bonds. The summed E-state index contributed by atoms with van der Waals surface area (Å²) in [6.45, 7) is 5.29. The van der Waals surface area contributed by atoms with Crippen molar-refractivity contribution in [2.24, 2.45) is 18.5 Å². The normalized spacial score (nSPS) is 15.9. The third-order valence-corrected chi connectivity index (χ3v) is 9.12. The molecule has 1 aliphatic rings. The van der Waals surface area contributed by atoms with Crippen LogP contribution in [0.5, 0.6) is 0 Å². The van der Waals surface area contributed by atoms with Crippen molar-refractivity contribution in [1.29, 1.82) is 0 Å². The zero-order valence-electron chi connectivity index (χ0n) is 29.4. The highest BCUT2D eigenvalue weighted by atomic mass is 35.5. The molecule has 12 nitrogen and oxygen atoms in total. The lowest BCUT2D eigenvalue weighted by molar-refractivity contribution is -0.135. The summed E-state index contributed by atoms with van der Waals surface area (Å²) in [5.41, 5.74) is 16.0. The van der Waals surface area contributed by atoms with E-state index in [-0.39, 0.29) is 54.9 Å². The average Bonchev–Trinajstić information content (AvgIpc) is 3.33. The summed E-state index contributed by atoms with van der Waals surface area (Å²) in [6.07, 6.45) is 7.90. The van der Waals surface area contributed by atoms with Crippen LogP contribution in [0.3, 0.4) is 0 Å². The fraction of sp³-hybridized carbons (Fsp3) is 0.568. The smallest absolute Gasteiger partial charge is 0.329 e. The molecule has 5 N–H and O–H groups in total. The first kappa shape index (κ1) is 40.9. The van der Waals surface area contributed by atoms with E-state index in [0.29, 0.717) is 31.6 Å². The molecule has 50 heavy (non-hydrogen) atoms. The molecule has 0 aliphatic carbocycles. The van der Waals surface area contributed by atoms with Gasteiger partial charge in [-0.3, -0.25) is 28.8 Å². The van der Waals surface area contributed by atoms with Crippen LogP contribution in [-0.2, 0) is 55.1 Å². The zero-order chi connectivity index (χ0) is 35.2. The van der Waals surface area contributed by atoms with Crippen LogP contribution in [0.15, 0.2) is 47.3 Å². The first-order valence-corrected chi connectivity index (χ1v) is 17.6. The molecule has 0 saturated carbocycles. The molecule has 3 aromatic rings. The molecule has 0 spiro atoms. The lowest BCUT2D eigenvalue weighted by atomic mass is 10.1. The molecule has 1 unspecified atom stereocenters. The number of fused-ring (bicyclic) bond motifs is 1. The second-order valence-electron chi connectivity index (χ2n) is 13.0. The maximum Gasteiger partial charge on any atom is 0.329 e. The minimum atomic E-state index is -0.675. The van der Waals surface area contributed by atoms with E-state index in [1.54, 1.807) is 11.6 Å². The second kappa shape index (κ2) is 21.0. The number of benzene rings is 2. The average molecular weight is 716 g/mol. The van der Waals surface area contributed by atoms with Crippen molar-refractivity contribution in [2.75, 3.05) is 26.4 Å². The number of amides is 3. The van der Waals surface area contributed by atoms with Gasteiger partial charge in [-0.15, -0.1) is 12.4 Å². The molecule has 3 atom stereocenters. The number of piperidine rings is 1. The standard InChI is InChI=1S/C37H53N5O7.ClH/c1-26(30(38)15-18-34(39)43)49-25-29-12-10-27(11-13-29)8-6-22-47-20-4-3-5-21-48-23-7-9-28-14-16-31-33(24-28)41(2)37(46)42(31)32-17-19-35(44)40-36(32)45;/h10-14,16,24,26,30,32H,3-9,15,17-23,25,38H2,1-2H3,(H2,39,43)(H,40,44,45);1H/t26-,30+,32?;/m1./s1. The molecule has 1 saturated heterocycles. The Labute approximate surface area is 300 Å². The molecule has 0 radical (unpaired) electrons. The van der Waals surface area contributed by atoms with Crippen LogP contribution >= 0.6 is 12.4 Å². The van der Waals surface area contributed by atoms with E-state index in [9.17, 15) is 19.2 Å². The fourth-order valence-electron chi connectivity index (χ4n) is 6.04. The van der Waals surface area contributed by atoms with Gasteiger partial charge in [-0.1, -0.05) is 30.3 Å². The van der Waals surface area contributed by atoms with Crippen molar-refractivity contribution in [1.82, 2.24) is 14.5 Å². The van der Waals surface area contributed by atoms with Crippen molar-refractivity contribution in [3.63, 3.8) is 0 Å². The number of aryl methyl sites for hydroxylation is 3. The predicted octanol–water partition coefficient (Wildman–Crippen LogP) is 4.01. The van der Waals surface area contributed by atoms with Gasteiger partial charge in [-0.2, -0.15) is 0 Å². The Morgan fingerprint density at radius 2 is 1.48 bits per heavy atom. The fourth-order valence-corrected chi connectivity index (χ4v) is 6.04. The zero-order valence-corrected chi connectivity index (χ0v) is 30.2. The van der Waals surface area contributed by atoms with Crippen LogP contribution in [0.4, 0.5) is 0 Å². The number of rotatable bonds is 22. The van der Waals surface area contributed by atoms with Crippen LogP contribution in [0, 0.1) is 0 Å². The van der Waals surface area contributed by atoms with Crippen LogP contribution in [-0.4, -0.2) is 65.4 Å². The molecular formula is C37H54ClN5O7. The number of hydrogen-bond donors (Lipinski definition) is 3. The third kappa shape index (κ3) is 12.3. The summed E-state index contributed by atoms with van der Waals surface area (Å²) in [4.78, 5) is 47.8. The first-order valence-electron chi connectivity index (χ1n) is 17.6. The highest BCUT2D eigenvalue weighted by molar-refractivity contribution is 6.00. The summed E-state index contributed by atoms with van der Waals surface area (Å²) in [6, 6.07) is 13.4. The molecule has 0 bridgehead atoms. The van der Waals surface area contributed by atoms with Crippen molar-refractivity contribution >= 4 is 41.2 Å². The Kier molecular flexibility index (Phi) is 17.1. The van der Waals surface area contributed by atoms with Gasteiger partial charge in [0.05, 0.1) is 23.7 Å². The van der Waals surface area contributed by atoms with Crippen LogP contribution < -0.4 is 22.5 Å². The number of aromatic nitrogens is 2. The number of primary amides is 1. The van der Waals surface area contributed by atoms with Crippen LogP contribution in [0.25, 0.3) is 11.0 Å². The Bertz CT molecular complexity index is 1590. The number of nitrogens with one attached hydrogen (secondary N) is 1. The summed E-state index contributed by atoms with van der Waals surface area (Å²) in [5, 5.41) is 2.34. The minimum absolute atomic E-state index is 0. The Hall–Kier alpha value is -3.55. The summed E-state index contributed by atoms with van der Waals surface area (Å²) in [7, 11) is 1.71. The van der Waals surface area contributed by atoms with Gasteiger partial charge in [-0.05, 0) is 93.5 Å². The number of nitrogens with two attached hydrogens (primary N) is 2. The Morgan fingerprint density at radius 1 is 0.880 bits per heavy atom. The summed E-state index contributed by atoms with van der Waals surface area (Å²) in [5.74, 6) is -1.07. The van der Waals surface area contributed by atoms with Gasteiger partial charge in [0.1, 0.15) is 6.04 Å². The highest BCUT2D eigenvalue weighted by Crippen LogP contribution is 2.24. The molecule has 2 aromatic carbocycles. The number of halogens is 1. The lowest BCUT2D eigenvalue weighted by Gasteiger charge is -2.21. The summed E-state index contributed by atoms with van der Waals surface area (Å²) < 4.78 is 20.6. The largest absolute Gasteiger partial charge is 0.381 e. The van der Waals surface area contributed by atoms with Gasteiger partial charge >= 0.3 is 5.69 Å². The lowest BCUT2D eigenvalue weighted by Crippen LogP contribution is -2.44. The molecule has 276 valence electrons. The maximum atomic E-state index is 13.0. The first-order chi connectivity index (χ1) is 23.6. The third-order valence-electron chi connectivity index (χ3n) is 9.12. The quantitative estimate of drug-likeness (QED) is 0.104. The van der Waals surface area contributed by atoms with E-state index < -0.39 is 11.9 Å². The van der Waals surface area contributed by atoms with Gasteiger partial charge in [-0.25, -0.2) is 4.79 Å². The number of imide groups is 1. The van der Waals surface area contributed by atoms with E-state index in [2.05, 4.69) is 29.6 Å². The summed E-state index contributed by atoms with van der Waals surface area (Å²) >= 11 is 0. The van der Waals surface area contributed by atoms with Crippen molar-refractivity contribution in [2.45, 2.75) is 102 Å². The molecule has 1 fully saturated rings. The second-order valence-corrected chi connectivity index (χ2v) is 13.0. The van der Waals surface area contributed by atoms with E-state index in [0.717, 1.165) is 81.4 Å². The van der Waals surface area contributed by atoms with Crippen molar-refractivity contribution in [3.05, 3.63) is 69.6 Å². The molecule has 1 aromatic heterocycles. The number of nitrogens with zero attached hydrogens (tertiary/aromatic N) is 2. The van der Waals surface area contributed by atoms with Gasteiger partial charge in [0, 0.05) is 52.4 Å². The molecule has 4 rings (SSSR count). The van der Waals surface area contributed by atoms with Gasteiger partial charge in [0.15, 0.2) is 0 Å². The SMILES string of the molecule is C[C@@H](OCc1ccc(CCCOCCCCCOCCCc2ccc3c(c2)n(C)c(=O)n3C2CCC(=O)NC2=O)cc1)[C@@H](N)CCC(N)=O.Cl. The number of unbranched alkanes of at least 4 members (excludes halogenated alkanes) is 2. The van der Waals surface area contributed by atoms with E-state index in [1.165, 1.54) is 10.1 Å². The van der Waals surface area contributed by atoms with Crippen molar-refractivity contribution < 1.29 is 28.6 Å². The molecule has 13 heteroatoms. The number of carbonyl (C=O) groups excluding carboxylic acids is 3. The number of carbonyl (C=O) groups is 3.